The molecular weight excluding hydrogens is 266 g/mol. The molecule has 1 aliphatic carbocycles. The highest BCUT2D eigenvalue weighted by Gasteiger charge is 2.40. The molecule has 0 atom stereocenters. The van der Waals surface area contributed by atoms with E-state index in [1.165, 1.54) is 32.1 Å². The number of carbonyl (C=O) groups excluding carboxylic acids is 2. The molecular formula is C13H24ClN3O2. The standard InChI is InChI=1S/C13H23N3O2.ClH/c14-8-11(17)15-9-12(18)16-7-6-13(10-16)4-2-1-3-5-13;/h1-10,14H2,(H,15,17);1H. The number of nitrogens with two attached hydrogens (primary N) is 1. The third kappa shape index (κ3) is 4.08. The zero-order valence-corrected chi connectivity index (χ0v) is 12.1. The van der Waals surface area contributed by atoms with Crippen molar-refractivity contribution in [3.8, 4) is 0 Å². The first kappa shape index (κ1) is 16.2. The van der Waals surface area contributed by atoms with Gasteiger partial charge < -0.3 is 16.0 Å². The zero-order valence-electron chi connectivity index (χ0n) is 11.3. The number of hydrogen-bond donors (Lipinski definition) is 2. The molecule has 2 aliphatic rings. The monoisotopic (exact) mass is 289 g/mol. The van der Waals surface area contributed by atoms with E-state index in [-0.39, 0.29) is 37.3 Å². The molecule has 1 aliphatic heterocycles. The largest absolute Gasteiger partial charge is 0.346 e. The number of hydrogen-bond acceptors (Lipinski definition) is 3. The lowest BCUT2D eigenvalue weighted by atomic mass is 9.73. The molecule has 1 saturated carbocycles. The van der Waals surface area contributed by atoms with E-state index in [9.17, 15) is 9.59 Å². The van der Waals surface area contributed by atoms with E-state index in [0.29, 0.717) is 5.41 Å². The highest BCUT2D eigenvalue weighted by atomic mass is 35.5. The second kappa shape index (κ2) is 7.10. The maximum Gasteiger partial charge on any atom is 0.241 e. The van der Waals surface area contributed by atoms with Gasteiger partial charge in [-0.25, -0.2) is 0 Å². The normalized spacial score (nSPS) is 21.0. The van der Waals surface area contributed by atoms with Crippen molar-refractivity contribution in [1.82, 2.24) is 10.2 Å². The van der Waals surface area contributed by atoms with Gasteiger partial charge in [0.1, 0.15) is 0 Å². The van der Waals surface area contributed by atoms with Crippen molar-refractivity contribution >= 4 is 24.2 Å². The van der Waals surface area contributed by atoms with E-state index in [0.717, 1.165) is 19.5 Å². The Bertz CT molecular complexity index is 330. The Labute approximate surface area is 120 Å². The summed E-state index contributed by atoms with van der Waals surface area (Å²) in [4.78, 5) is 24.9. The van der Waals surface area contributed by atoms with Crippen LogP contribution in [0.1, 0.15) is 38.5 Å². The van der Waals surface area contributed by atoms with Crippen LogP contribution in [0.2, 0.25) is 0 Å². The van der Waals surface area contributed by atoms with Crippen LogP contribution in [-0.2, 0) is 9.59 Å². The molecule has 2 rings (SSSR count). The van der Waals surface area contributed by atoms with Crippen molar-refractivity contribution in [2.45, 2.75) is 38.5 Å². The van der Waals surface area contributed by atoms with Gasteiger partial charge in [0, 0.05) is 13.1 Å². The molecule has 2 fully saturated rings. The lowest BCUT2D eigenvalue weighted by Crippen LogP contribution is -2.42. The van der Waals surface area contributed by atoms with E-state index in [4.69, 9.17) is 5.73 Å². The molecule has 0 radical (unpaired) electrons. The van der Waals surface area contributed by atoms with Crippen LogP contribution in [0.15, 0.2) is 0 Å². The van der Waals surface area contributed by atoms with Gasteiger partial charge in [0.25, 0.3) is 0 Å². The average Bonchev–Trinajstić information content (AvgIpc) is 2.80. The van der Waals surface area contributed by atoms with E-state index in [1.54, 1.807) is 0 Å². The molecule has 0 unspecified atom stereocenters. The van der Waals surface area contributed by atoms with Crippen molar-refractivity contribution in [3.63, 3.8) is 0 Å². The van der Waals surface area contributed by atoms with Gasteiger partial charge in [-0.15, -0.1) is 12.4 Å². The van der Waals surface area contributed by atoms with Crippen LogP contribution in [0.5, 0.6) is 0 Å². The Hall–Kier alpha value is -0.810. The van der Waals surface area contributed by atoms with Crippen LogP contribution >= 0.6 is 12.4 Å². The number of rotatable bonds is 3. The number of nitrogens with zero attached hydrogens (tertiary/aromatic N) is 1. The number of halogens is 1. The summed E-state index contributed by atoms with van der Waals surface area (Å²) in [6.07, 6.45) is 7.57. The molecule has 0 aromatic heterocycles. The highest BCUT2D eigenvalue weighted by Crippen LogP contribution is 2.43. The fraction of sp³-hybridized carbons (Fsp3) is 0.846. The molecule has 110 valence electrons. The second-order valence-electron chi connectivity index (χ2n) is 5.61. The van der Waals surface area contributed by atoms with Gasteiger partial charge >= 0.3 is 0 Å². The second-order valence-corrected chi connectivity index (χ2v) is 5.61. The minimum atomic E-state index is -0.269. The van der Waals surface area contributed by atoms with E-state index >= 15 is 0 Å². The summed E-state index contributed by atoms with van der Waals surface area (Å²) >= 11 is 0. The number of likely N-dealkylation sites (tertiary alicyclic amines) is 1. The van der Waals surface area contributed by atoms with Crippen molar-refractivity contribution in [2.75, 3.05) is 26.2 Å². The minimum absolute atomic E-state index is 0. The minimum Gasteiger partial charge on any atom is -0.346 e. The average molecular weight is 290 g/mol. The van der Waals surface area contributed by atoms with Crippen LogP contribution < -0.4 is 11.1 Å². The Morgan fingerprint density at radius 3 is 2.47 bits per heavy atom. The van der Waals surface area contributed by atoms with Crippen molar-refractivity contribution in [2.24, 2.45) is 11.1 Å². The predicted molar refractivity (Wildman–Crippen MR) is 76.0 cm³/mol. The van der Waals surface area contributed by atoms with Crippen LogP contribution in [0, 0.1) is 5.41 Å². The topological polar surface area (TPSA) is 75.4 Å². The summed E-state index contributed by atoms with van der Waals surface area (Å²) in [5.41, 5.74) is 5.57. The third-order valence-corrected chi connectivity index (χ3v) is 4.33. The van der Waals surface area contributed by atoms with Gasteiger partial charge in [0.2, 0.25) is 11.8 Å². The van der Waals surface area contributed by atoms with Gasteiger partial charge in [0.15, 0.2) is 0 Å². The van der Waals surface area contributed by atoms with Crippen LogP contribution in [0.25, 0.3) is 0 Å². The molecule has 0 aromatic rings. The summed E-state index contributed by atoms with van der Waals surface area (Å²) in [5.74, 6) is -0.242. The number of amides is 2. The van der Waals surface area contributed by atoms with Gasteiger partial charge in [-0.2, -0.15) is 0 Å². The van der Waals surface area contributed by atoms with E-state index in [1.807, 2.05) is 4.90 Å². The third-order valence-electron chi connectivity index (χ3n) is 4.33. The van der Waals surface area contributed by atoms with Crippen molar-refractivity contribution in [1.29, 1.82) is 0 Å². The van der Waals surface area contributed by atoms with Crippen molar-refractivity contribution in [3.05, 3.63) is 0 Å². The number of nitrogens with one attached hydrogen (secondary N) is 1. The lowest BCUT2D eigenvalue weighted by molar-refractivity contribution is -0.132. The van der Waals surface area contributed by atoms with Crippen LogP contribution in [0.4, 0.5) is 0 Å². The quantitative estimate of drug-likeness (QED) is 0.802. The Kier molecular flexibility index (Phi) is 6.07. The fourth-order valence-electron chi connectivity index (χ4n) is 3.22. The van der Waals surface area contributed by atoms with E-state index in [2.05, 4.69) is 5.32 Å². The summed E-state index contributed by atoms with van der Waals surface area (Å²) in [6, 6.07) is 0. The SMILES string of the molecule is Cl.NCC(=O)NCC(=O)N1CCC2(CCCCC2)C1. The smallest absolute Gasteiger partial charge is 0.241 e. The van der Waals surface area contributed by atoms with Gasteiger partial charge in [-0.3, -0.25) is 9.59 Å². The molecule has 3 N–H and O–H groups in total. The fourth-order valence-corrected chi connectivity index (χ4v) is 3.22. The molecule has 6 heteroatoms. The summed E-state index contributed by atoms with van der Waals surface area (Å²) in [7, 11) is 0. The molecule has 2 amide bonds. The highest BCUT2D eigenvalue weighted by molar-refractivity contribution is 5.86. The summed E-state index contributed by atoms with van der Waals surface area (Å²) in [6.45, 7) is 1.75. The first-order chi connectivity index (χ1) is 8.65. The molecule has 1 saturated heterocycles. The molecule has 19 heavy (non-hydrogen) atoms. The first-order valence-corrected chi connectivity index (χ1v) is 6.90. The maximum atomic E-state index is 12.0. The number of carbonyl (C=O) groups is 2. The molecule has 5 nitrogen and oxygen atoms in total. The molecule has 0 aromatic carbocycles. The van der Waals surface area contributed by atoms with Crippen LogP contribution in [0.3, 0.4) is 0 Å². The Balaban J connectivity index is 0.00000180. The zero-order chi connectivity index (χ0) is 13.0. The van der Waals surface area contributed by atoms with Gasteiger partial charge in [-0.1, -0.05) is 19.3 Å². The van der Waals surface area contributed by atoms with Gasteiger partial charge in [-0.05, 0) is 24.7 Å². The molecule has 1 heterocycles. The predicted octanol–water partition coefficient (Wildman–Crippen LogP) is 0.666. The maximum absolute atomic E-state index is 12.0. The lowest BCUT2D eigenvalue weighted by Gasteiger charge is -2.33. The Morgan fingerprint density at radius 2 is 1.84 bits per heavy atom. The molecule has 1 spiro atoms. The first-order valence-electron chi connectivity index (χ1n) is 6.90. The Morgan fingerprint density at radius 1 is 1.16 bits per heavy atom. The summed E-state index contributed by atoms with van der Waals surface area (Å²) < 4.78 is 0. The summed E-state index contributed by atoms with van der Waals surface area (Å²) in [5, 5.41) is 2.55. The van der Waals surface area contributed by atoms with Crippen LogP contribution in [-0.4, -0.2) is 42.9 Å². The van der Waals surface area contributed by atoms with Gasteiger partial charge in [0.05, 0.1) is 13.1 Å². The molecule has 0 bridgehead atoms. The van der Waals surface area contributed by atoms with E-state index < -0.39 is 0 Å². The van der Waals surface area contributed by atoms with Crippen molar-refractivity contribution < 1.29 is 9.59 Å².